The van der Waals surface area contributed by atoms with Gasteiger partial charge in [-0.1, -0.05) is 53.4 Å². The molecule has 13 heavy (non-hydrogen) atoms. The maximum Gasteiger partial charge on any atom is -0.0354 e. The van der Waals surface area contributed by atoms with E-state index in [0.29, 0.717) is 5.41 Å². The van der Waals surface area contributed by atoms with Gasteiger partial charge in [-0.3, -0.25) is 0 Å². The van der Waals surface area contributed by atoms with Crippen LogP contribution in [-0.2, 0) is 0 Å². The zero-order chi connectivity index (χ0) is 9.90. The topological polar surface area (TPSA) is 0 Å². The number of rotatable bonds is 2. The molecule has 0 N–H and O–H groups in total. The second-order valence-electron chi connectivity index (χ2n) is 5.88. The first kappa shape index (κ1) is 11.1. The standard InChI is InChI=1S/C13H26/c1-5-7-11-8-6-9-12(10-11)13(2,3)4/h11-12H,5-10H2,1-4H3. The van der Waals surface area contributed by atoms with Crippen LogP contribution in [0.15, 0.2) is 0 Å². The van der Waals surface area contributed by atoms with Gasteiger partial charge in [0, 0.05) is 0 Å². The second kappa shape index (κ2) is 4.48. The Morgan fingerprint density at radius 1 is 1.15 bits per heavy atom. The van der Waals surface area contributed by atoms with Crippen molar-refractivity contribution in [3.8, 4) is 0 Å². The number of hydrogen-bond acceptors (Lipinski definition) is 0. The molecule has 0 spiro atoms. The van der Waals surface area contributed by atoms with Crippen molar-refractivity contribution in [3.63, 3.8) is 0 Å². The highest BCUT2D eigenvalue weighted by Crippen LogP contribution is 2.41. The van der Waals surface area contributed by atoms with Crippen molar-refractivity contribution >= 4 is 0 Å². The summed E-state index contributed by atoms with van der Waals surface area (Å²) in [7, 11) is 0. The summed E-state index contributed by atoms with van der Waals surface area (Å²) in [6.45, 7) is 9.55. The van der Waals surface area contributed by atoms with Crippen LogP contribution in [-0.4, -0.2) is 0 Å². The Kier molecular flexibility index (Phi) is 3.82. The number of hydrogen-bond donors (Lipinski definition) is 0. The average Bonchev–Trinajstić information content (AvgIpc) is 2.04. The van der Waals surface area contributed by atoms with Crippen LogP contribution in [0.5, 0.6) is 0 Å². The highest BCUT2D eigenvalue weighted by atomic mass is 14.3. The van der Waals surface area contributed by atoms with E-state index in [9.17, 15) is 0 Å². The Hall–Kier alpha value is 0. The third kappa shape index (κ3) is 3.32. The van der Waals surface area contributed by atoms with Crippen LogP contribution in [0.4, 0.5) is 0 Å². The third-order valence-electron chi connectivity index (χ3n) is 3.70. The van der Waals surface area contributed by atoms with Crippen molar-refractivity contribution in [1.29, 1.82) is 0 Å². The van der Waals surface area contributed by atoms with E-state index in [1.807, 2.05) is 0 Å². The summed E-state index contributed by atoms with van der Waals surface area (Å²) in [6, 6.07) is 0. The Bertz CT molecular complexity index is 139. The molecule has 0 aromatic rings. The Morgan fingerprint density at radius 2 is 1.85 bits per heavy atom. The largest absolute Gasteiger partial charge is 0.0654 e. The van der Waals surface area contributed by atoms with E-state index >= 15 is 0 Å². The molecule has 1 fully saturated rings. The van der Waals surface area contributed by atoms with Crippen molar-refractivity contribution < 1.29 is 0 Å². The van der Waals surface area contributed by atoms with Gasteiger partial charge in [0.15, 0.2) is 0 Å². The van der Waals surface area contributed by atoms with Crippen LogP contribution in [0, 0.1) is 17.3 Å². The zero-order valence-corrected chi connectivity index (χ0v) is 9.90. The minimum Gasteiger partial charge on any atom is -0.0654 e. The summed E-state index contributed by atoms with van der Waals surface area (Å²) >= 11 is 0. The first-order valence-corrected chi connectivity index (χ1v) is 6.04. The van der Waals surface area contributed by atoms with Crippen LogP contribution >= 0.6 is 0 Å². The Labute approximate surface area is 84.1 Å². The SMILES string of the molecule is CCCC1CCCC(C(C)(C)C)C1. The van der Waals surface area contributed by atoms with E-state index < -0.39 is 0 Å². The molecule has 0 saturated heterocycles. The molecule has 0 heterocycles. The summed E-state index contributed by atoms with van der Waals surface area (Å²) in [5.41, 5.74) is 0.548. The van der Waals surface area contributed by atoms with Gasteiger partial charge in [-0.15, -0.1) is 0 Å². The van der Waals surface area contributed by atoms with Crippen molar-refractivity contribution in [2.75, 3.05) is 0 Å². The van der Waals surface area contributed by atoms with E-state index in [-0.39, 0.29) is 0 Å². The molecule has 0 aliphatic heterocycles. The van der Waals surface area contributed by atoms with Gasteiger partial charge in [-0.05, 0) is 30.1 Å². The van der Waals surface area contributed by atoms with Crippen LogP contribution in [0.1, 0.15) is 66.2 Å². The van der Waals surface area contributed by atoms with Crippen LogP contribution < -0.4 is 0 Å². The van der Waals surface area contributed by atoms with Gasteiger partial charge in [0.25, 0.3) is 0 Å². The molecule has 1 saturated carbocycles. The fourth-order valence-corrected chi connectivity index (χ4v) is 2.75. The average molecular weight is 182 g/mol. The van der Waals surface area contributed by atoms with Gasteiger partial charge in [0.1, 0.15) is 0 Å². The molecule has 0 heteroatoms. The summed E-state index contributed by atoms with van der Waals surface area (Å²) < 4.78 is 0. The lowest BCUT2D eigenvalue weighted by molar-refractivity contribution is 0.137. The summed E-state index contributed by atoms with van der Waals surface area (Å²) in [5, 5.41) is 0. The fraction of sp³-hybridized carbons (Fsp3) is 1.00. The quantitative estimate of drug-likeness (QED) is 0.583. The Balaban J connectivity index is 2.42. The predicted molar refractivity (Wildman–Crippen MR) is 59.8 cm³/mol. The summed E-state index contributed by atoms with van der Waals surface area (Å²) in [4.78, 5) is 0. The van der Waals surface area contributed by atoms with Gasteiger partial charge in [-0.25, -0.2) is 0 Å². The minimum atomic E-state index is 0.548. The molecule has 0 amide bonds. The molecule has 1 rings (SSSR count). The van der Waals surface area contributed by atoms with Gasteiger partial charge in [-0.2, -0.15) is 0 Å². The zero-order valence-electron chi connectivity index (χ0n) is 9.90. The van der Waals surface area contributed by atoms with E-state index in [1.165, 1.54) is 38.5 Å². The highest BCUT2D eigenvalue weighted by Gasteiger charge is 2.29. The van der Waals surface area contributed by atoms with Crippen molar-refractivity contribution in [3.05, 3.63) is 0 Å². The third-order valence-corrected chi connectivity index (χ3v) is 3.70. The molecule has 2 unspecified atom stereocenters. The van der Waals surface area contributed by atoms with E-state index in [0.717, 1.165) is 11.8 Å². The van der Waals surface area contributed by atoms with Crippen LogP contribution in [0.3, 0.4) is 0 Å². The molecule has 0 bridgehead atoms. The maximum absolute atomic E-state index is 2.41. The molecule has 0 aromatic carbocycles. The second-order valence-corrected chi connectivity index (χ2v) is 5.88. The maximum atomic E-state index is 2.41. The van der Waals surface area contributed by atoms with Crippen molar-refractivity contribution in [2.45, 2.75) is 66.2 Å². The Morgan fingerprint density at radius 3 is 2.38 bits per heavy atom. The fourth-order valence-electron chi connectivity index (χ4n) is 2.75. The van der Waals surface area contributed by atoms with Crippen molar-refractivity contribution in [1.82, 2.24) is 0 Å². The molecular weight excluding hydrogens is 156 g/mol. The molecule has 78 valence electrons. The molecular formula is C13H26. The lowest BCUT2D eigenvalue weighted by Crippen LogP contribution is -2.26. The van der Waals surface area contributed by atoms with Gasteiger partial charge < -0.3 is 0 Å². The monoisotopic (exact) mass is 182 g/mol. The van der Waals surface area contributed by atoms with Gasteiger partial charge in [0.2, 0.25) is 0 Å². The highest BCUT2D eigenvalue weighted by molar-refractivity contribution is 4.80. The van der Waals surface area contributed by atoms with Gasteiger partial charge >= 0.3 is 0 Å². The lowest BCUT2D eigenvalue weighted by Gasteiger charge is -2.37. The molecule has 2 atom stereocenters. The van der Waals surface area contributed by atoms with Crippen LogP contribution in [0.25, 0.3) is 0 Å². The molecule has 1 aliphatic carbocycles. The summed E-state index contributed by atoms with van der Waals surface area (Å²) in [5.74, 6) is 2.03. The van der Waals surface area contributed by atoms with Gasteiger partial charge in [0.05, 0.1) is 0 Å². The normalized spacial score (nSPS) is 30.5. The molecule has 1 aliphatic rings. The van der Waals surface area contributed by atoms with E-state index in [1.54, 1.807) is 0 Å². The molecule has 0 radical (unpaired) electrons. The van der Waals surface area contributed by atoms with Crippen LogP contribution in [0.2, 0.25) is 0 Å². The summed E-state index contributed by atoms with van der Waals surface area (Å²) in [6.07, 6.45) is 8.79. The first-order chi connectivity index (χ1) is 6.04. The van der Waals surface area contributed by atoms with Crippen molar-refractivity contribution in [2.24, 2.45) is 17.3 Å². The minimum absolute atomic E-state index is 0.548. The molecule has 0 aromatic heterocycles. The predicted octanol–water partition coefficient (Wildman–Crippen LogP) is 4.64. The first-order valence-electron chi connectivity index (χ1n) is 6.04. The molecule has 0 nitrogen and oxygen atoms in total. The lowest BCUT2D eigenvalue weighted by atomic mass is 9.68. The van der Waals surface area contributed by atoms with E-state index in [4.69, 9.17) is 0 Å². The van der Waals surface area contributed by atoms with E-state index in [2.05, 4.69) is 27.7 Å². The smallest absolute Gasteiger partial charge is 0.0354 e.